The van der Waals surface area contributed by atoms with Gasteiger partial charge in [0, 0.05) is 24.5 Å². The number of aromatic nitrogens is 1. The highest BCUT2D eigenvalue weighted by Gasteiger charge is 2.28. The van der Waals surface area contributed by atoms with Crippen molar-refractivity contribution in [3.05, 3.63) is 54.3 Å². The zero-order chi connectivity index (χ0) is 17.9. The minimum absolute atomic E-state index is 0. The van der Waals surface area contributed by atoms with E-state index in [1.54, 1.807) is 6.26 Å². The van der Waals surface area contributed by atoms with Crippen molar-refractivity contribution >= 4 is 41.6 Å². The van der Waals surface area contributed by atoms with Crippen molar-refractivity contribution in [1.82, 2.24) is 15.2 Å². The third-order valence-electron chi connectivity index (χ3n) is 4.92. The lowest BCUT2D eigenvalue weighted by Crippen LogP contribution is -2.42. The number of amides is 1. The molecular formula is C21H25Cl2N3O2. The van der Waals surface area contributed by atoms with Gasteiger partial charge in [-0.15, -0.1) is 24.8 Å². The third kappa shape index (κ3) is 4.32. The number of hydrogen-bond acceptors (Lipinski definition) is 4. The lowest BCUT2D eigenvalue weighted by molar-refractivity contribution is 0.0694. The van der Waals surface area contributed by atoms with Crippen LogP contribution >= 0.6 is 24.8 Å². The summed E-state index contributed by atoms with van der Waals surface area (Å²) in [5, 5.41) is 4.26. The van der Waals surface area contributed by atoms with Crippen LogP contribution in [-0.2, 0) is 0 Å². The summed E-state index contributed by atoms with van der Waals surface area (Å²) < 4.78 is 5.51. The minimum Gasteiger partial charge on any atom is -0.463 e. The molecule has 2 aromatic heterocycles. The largest absolute Gasteiger partial charge is 0.463 e. The lowest BCUT2D eigenvalue weighted by Gasteiger charge is -2.29. The Morgan fingerprint density at radius 2 is 2.07 bits per heavy atom. The van der Waals surface area contributed by atoms with E-state index in [1.807, 2.05) is 47.4 Å². The van der Waals surface area contributed by atoms with Gasteiger partial charge in [-0.1, -0.05) is 25.1 Å². The predicted molar refractivity (Wildman–Crippen MR) is 117 cm³/mol. The molecule has 1 aromatic carbocycles. The quantitative estimate of drug-likeness (QED) is 0.655. The molecule has 0 aliphatic carbocycles. The van der Waals surface area contributed by atoms with Crippen LogP contribution in [0.5, 0.6) is 0 Å². The number of fused-ring (bicyclic) bond motifs is 1. The van der Waals surface area contributed by atoms with E-state index in [9.17, 15) is 4.79 Å². The van der Waals surface area contributed by atoms with Gasteiger partial charge in [-0.25, -0.2) is 4.98 Å². The highest BCUT2D eigenvalue weighted by molar-refractivity contribution is 6.07. The highest BCUT2D eigenvalue weighted by atomic mass is 35.5. The van der Waals surface area contributed by atoms with E-state index in [0.717, 1.165) is 43.4 Å². The van der Waals surface area contributed by atoms with Crippen LogP contribution in [0.15, 0.2) is 53.1 Å². The molecule has 1 amide bonds. The summed E-state index contributed by atoms with van der Waals surface area (Å²) in [6, 6.07) is 13.6. The van der Waals surface area contributed by atoms with Crippen LogP contribution in [0.2, 0.25) is 0 Å². The molecule has 1 aliphatic heterocycles. The van der Waals surface area contributed by atoms with Gasteiger partial charge in [0.2, 0.25) is 0 Å². The fraction of sp³-hybridized carbons (Fsp3) is 0.333. The molecule has 5 nitrogen and oxygen atoms in total. The average Bonchev–Trinajstić information content (AvgIpc) is 3.38. The molecule has 1 atom stereocenters. The second kappa shape index (κ2) is 9.92. The molecule has 1 unspecified atom stereocenters. The topological polar surface area (TPSA) is 58.4 Å². The summed E-state index contributed by atoms with van der Waals surface area (Å²) in [5.41, 5.74) is 2.20. The number of rotatable bonds is 5. The predicted octanol–water partition coefficient (Wildman–Crippen LogP) is 4.55. The molecule has 4 rings (SSSR count). The Morgan fingerprint density at radius 3 is 2.75 bits per heavy atom. The molecule has 1 saturated heterocycles. The summed E-state index contributed by atoms with van der Waals surface area (Å²) in [4.78, 5) is 20.2. The maximum Gasteiger partial charge on any atom is 0.254 e. The van der Waals surface area contributed by atoms with Crippen molar-refractivity contribution in [3.63, 3.8) is 0 Å². The maximum absolute atomic E-state index is 13.5. The Morgan fingerprint density at radius 1 is 1.25 bits per heavy atom. The molecule has 3 heterocycles. The van der Waals surface area contributed by atoms with Crippen LogP contribution in [0.4, 0.5) is 0 Å². The summed E-state index contributed by atoms with van der Waals surface area (Å²) in [7, 11) is 0. The molecule has 0 spiro atoms. The zero-order valence-electron chi connectivity index (χ0n) is 15.8. The van der Waals surface area contributed by atoms with Gasteiger partial charge in [-0.2, -0.15) is 0 Å². The van der Waals surface area contributed by atoms with Gasteiger partial charge >= 0.3 is 0 Å². The third-order valence-corrected chi connectivity index (χ3v) is 4.92. The van der Waals surface area contributed by atoms with Crippen molar-refractivity contribution < 1.29 is 9.21 Å². The Labute approximate surface area is 177 Å². The highest BCUT2D eigenvalue weighted by Crippen LogP contribution is 2.27. The second-order valence-corrected chi connectivity index (χ2v) is 6.69. The summed E-state index contributed by atoms with van der Waals surface area (Å²) in [6.45, 7) is 4.70. The van der Waals surface area contributed by atoms with E-state index in [4.69, 9.17) is 4.42 Å². The lowest BCUT2D eigenvalue weighted by atomic mass is 10.0. The fourth-order valence-electron chi connectivity index (χ4n) is 3.65. The Bertz CT molecular complexity index is 909. The number of nitrogens with one attached hydrogen (secondary N) is 1. The maximum atomic E-state index is 13.5. The van der Waals surface area contributed by atoms with Crippen molar-refractivity contribution in [2.45, 2.75) is 25.8 Å². The molecule has 3 aromatic rings. The van der Waals surface area contributed by atoms with E-state index in [-0.39, 0.29) is 36.8 Å². The molecule has 1 aliphatic rings. The number of benzene rings is 1. The molecule has 1 fully saturated rings. The SMILES string of the molecule is CCCN(C(=O)c1cc(-c2ccco2)nc2ccccc12)C1CCNC1.Cl.Cl. The van der Waals surface area contributed by atoms with Gasteiger partial charge in [0.25, 0.3) is 5.91 Å². The first-order chi connectivity index (χ1) is 12.8. The van der Waals surface area contributed by atoms with Crippen molar-refractivity contribution in [3.8, 4) is 11.5 Å². The summed E-state index contributed by atoms with van der Waals surface area (Å²) >= 11 is 0. The number of carbonyl (C=O) groups is 1. The van der Waals surface area contributed by atoms with Crippen LogP contribution in [0.25, 0.3) is 22.4 Å². The molecule has 28 heavy (non-hydrogen) atoms. The van der Waals surface area contributed by atoms with Crippen LogP contribution in [0, 0.1) is 0 Å². The molecule has 1 N–H and O–H groups in total. The molecule has 0 bridgehead atoms. The van der Waals surface area contributed by atoms with Crippen molar-refractivity contribution in [1.29, 1.82) is 0 Å². The number of carbonyl (C=O) groups excluding carboxylic acids is 1. The standard InChI is InChI=1S/C21H23N3O2.2ClH/c1-2-11-24(15-9-10-22-14-15)21(25)17-13-19(20-8-5-12-26-20)23-18-7-4-3-6-16(17)18;;/h3-8,12-13,15,22H,2,9-11,14H2,1H3;2*1H. The Kier molecular flexibility index (Phi) is 7.87. The first kappa shape index (κ1) is 22.2. The van der Waals surface area contributed by atoms with E-state index < -0.39 is 0 Å². The number of para-hydroxylation sites is 1. The normalized spacial score (nSPS) is 15.7. The second-order valence-electron chi connectivity index (χ2n) is 6.69. The Hall–Kier alpha value is -2.08. The first-order valence-electron chi connectivity index (χ1n) is 9.23. The number of furan rings is 1. The van der Waals surface area contributed by atoms with Crippen LogP contribution in [0.1, 0.15) is 30.1 Å². The van der Waals surface area contributed by atoms with E-state index in [1.165, 1.54) is 0 Å². The number of pyridine rings is 1. The van der Waals surface area contributed by atoms with E-state index >= 15 is 0 Å². The average molecular weight is 422 g/mol. The number of nitrogens with zero attached hydrogens (tertiary/aromatic N) is 2. The van der Waals surface area contributed by atoms with Gasteiger partial charge in [-0.3, -0.25) is 4.79 Å². The summed E-state index contributed by atoms with van der Waals surface area (Å²) in [5.74, 6) is 0.751. The monoisotopic (exact) mass is 421 g/mol. The Balaban J connectivity index is 0.00000140. The number of halogens is 2. The van der Waals surface area contributed by atoms with Gasteiger partial charge in [0.1, 0.15) is 5.69 Å². The van der Waals surface area contributed by atoms with Crippen LogP contribution in [0.3, 0.4) is 0 Å². The van der Waals surface area contributed by atoms with Crippen LogP contribution < -0.4 is 5.32 Å². The molecule has 0 radical (unpaired) electrons. The van der Waals surface area contributed by atoms with Crippen molar-refractivity contribution in [2.24, 2.45) is 0 Å². The van der Waals surface area contributed by atoms with Crippen molar-refractivity contribution in [2.75, 3.05) is 19.6 Å². The van der Waals surface area contributed by atoms with Gasteiger partial charge in [0.05, 0.1) is 17.3 Å². The zero-order valence-corrected chi connectivity index (χ0v) is 17.4. The molecule has 150 valence electrons. The molecule has 0 saturated carbocycles. The molecular weight excluding hydrogens is 397 g/mol. The van der Waals surface area contributed by atoms with Gasteiger partial charge < -0.3 is 14.6 Å². The van der Waals surface area contributed by atoms with Gasteiger partial charge in [-0.05, 0) is 43.7 Å². The van der Waals surface area contributed by atoms with Crippen LogP contribution in [-0.4, -0.2) is 41.5 Å². The molecule has 7 heteroatoms. The number of hydrogen-bond donors (Lipinski definition) is 1. The van der Waals surface area contributed by atoms with E-state index in [0.29, 0.717) is 17.0 Å². The van der Waals surface area contributed by atoms with E-state index in [2.05, 4.69) is 17.2 Å². The smallest absolute Gasteiger partial charge is 0.254 e. The first-order valence-corrected chi connectivity index (χ1v) is 9.23. The minimum atomic E-state index is 0. The van der Waals surface area contributed by atoms with Gasteiger partial charge in [0.15, 0.2) is 5.76 Å². The fourth-order valence-corrected chi connectivity index (χ4v) is 3.65. The summed E-state index contributed by atoms with van der Waals surface area (Å²) in [6.07, 6.45) is 3.57.